The Balaban J connectivity index is 1.26. The van der Waals surface area contributed by atoms with Crippen molar-refractivity contribution in [1.82, 2.24) is 9.80 Å². The SMILES string of the molecule is O=C(O)[C@@H]1[C@H]2CC[C@@H](CN1C(=O)N1c3ccccc3Sc3ccccc31)N2C(=O)N(c1ccccc1)c1ccccc1. The van der Waals surface area contributed by atoms with Crippen LogP contribution in [0.2, 0.25) is 0 Å². The fraction of sp³-hybridized carbons (Fsp3) is 0.182. The predicted octanol–water partition coefficient (Wildman–Crippen LogP) is 6.97. The van der Waals surface area contributed by atoms with Crippen LogP contribution < -0.4 is 9.80 Å². The van der Waals surface area contributed by atoms with Gasteiger partial charge in [0.1, 0.15) is 0 Å². The number of benzene rings is 4. The number of fused-ring (bicyclic) bond motifs is 4. The Morgan fingerprint density at radius 1 is 0.714 bits per heavy atom. The maximum absolute atomic E-state index is 14.4. The second-order valence-corrected chi connectivity index (χ2v) is 11.7. The molecule has 1 N–H and O–H groups in total. The molecule has 4 amide bonds. The molecule has 4 aromatic rings. The predicted molar refractivity (Wildman–Crippen MR) is 162 cm³/mol. The largest absolute Gasteiger partial charge is 0.480 e. The summed E-state index contributed by atoms with van der Waals surface area (Å²) in [6, 6.07) is 31.2. The number of likely N-dealkylation sites (tertiary alicyclic amines) is 1. The molecule has 3 atom stereocenters. The van der Waals surface area contributed by atoms with Crippen molar-refractivity contribution in [2.45, 2.75) is 40.8 Å². The van der Waals surface area contributed by atoms with Crippen LogP contribution in [0.15, 0.2) is 119 Å². The Kier molecular flexibility index (Phi) is 6.59. The summed E-state index contributed by atoms with van der Waals surface area (Å²) < 4.78 is 0. The van der Waals surface area contributed by atoms with E-state index in [1.165, 1.54) is 4.90 Å². The first-order chi connectivity index (χ1) is 20.5. The fourth-order valence-corrected chi connectivity index (χ4v) is 7.48. The van der Waals surface area contributed by atoms with Gasteiger partial charge in [-0.1, -0.05) is 72.4 Å². The van der Waals surface area contributed by atoms with Crippen LogP contribution in [0, 0.1) is 0 Å². The molecule has 0 aliphatic carbocycles. The number of piperazine rings is 1. The highest BCUT2D eigenvalue weighted by atomic mass is 32.2. The average Bonchev–Trinajstić information content (AvgIpc) is 3.32. The van der Waals surface area contributed by atoms with Gasteiger partial charge in [-0.15, -0.1) is 0 Å². The molecule has 2 fully saturated rings. The first-order valence-corrected chi connectivity index (χ1v) is 14.8. The summed E-state index contributed by atoms with van der Waals surface area (Å²) in [5.41, 5.74) is 2.83. The number of aliphatic carboxylic acids is 1. The standard InChI is InChI=1S/C33H28N4O4S/c38-31(39)30-27-20-19-24(36(27)33(41)35(22-11-3-1-4-12-22)23-13-5-2-6-14-23)21-34(30)32(40)37-25-15-7-9-17-28(25)42-29-18-10-8-16-26(29)37/h1-18,24,27,30H,19-21H2,(H,38,39)/t24-,27+,30-/m0/s1. The second-order valence-electron chi connectivity index (χ2n) is 10.6. The Morgan fingerprint density at radius 2 is 1.24 bits per heavy atom. The number of hydrogen-bond donors (Lipinski definition) is 1. The quantitative estimate of drug-likeness (QED) is 0.285. The van der Waals surface area contributed by atoms with Crippen LogP contribution in [0.5, 0.6) is 0 Å². The Morgan fingerprint density at radius 3 is 1.79 bits per heavy atom. The van der Waals surface area contributed by atoms with Crippen molar-refractivity contribution >= 4 is 52.5 Å². The molecule has 8 nitrogen and oxygen atoms in total. The summed E-state index contributed by atoms with van der Waals surface area (Å²) in [4.78, 5) is 50.0. The molecule has 3 aliphatic heterocycles. The molecule has 3 aliphatic rings. The highest BCUT2D eigenvalue weighted by Crippen LogP contribution is 2.49. The fourth-order valence-electron chi connectivity index (χ4n) is 6.42. The number of para-hydroxylation sites is 4. The van der Waals surface area contributed by atoms with Gasteiger partial charge < -0.3 is 14.9 Å². The Bertz CT molecular complexity index is 1580. The van der Waals surface area contributed by atoms with Gasteiger partial charge in [0.15, 0.2) is 6.04 Å². The summed E-state index contributed by atoms with van der Waals surface area (Å²) in [6.45, 7) is 0.128. The molecular weight excluding hydrogens is 548 g/mol. The minimum absolute atomic E-state index is 0.128. The van der Waals surface area contributed by atoms with Gasteiger partial charge in [-0.2, -0.15) is 0 Å². The van der Waals surface area contributed by atoms with Crippen molar-refractivity contribution in [2.24, 2.45) is 0 Å². The van der Waals surface area contributed by atoms with E-state index in [-0.39, 0.29) is 18.6 Å². The number of amides is 4. The zero-order chi connectivity index (χ0) is 28.8. The van der Waals surface area contributed by atoms with E-state index in [0.717, 1.165) is 21.2 Å². The van der Waals surface area contributed by atoms with Gasteiger partial charge in [0.25, 0.3) is 0 Å². The van der Waals surface area contributed by atoms with Crippen LogP contribution in [0.1, 0.15) is 12.8 Å². The lowest BCUT2D eigenvalue weighted by Gasteiger charge is -2.47. The van der Waals surface area contributed by atoms with Crippen LogP contribution in [-0.2, 0) is 4.79 Å². The highest BCUT2D eigenvalue weighted by molar-refractivity contribution is 7.99. The number of nitrogens with zero attached hydrogens (tertiary/aromatic N) is 4. The van der Waals surface area contributed by atoms with Crippen molar-refractivity contribution < 1.29 is 19.5 Å². The van der Waals surface area contributed by atoms with Crippen molar-refractivity contribution in [1.29, 1.82) is 0 Å². The summed E-state index contributed by atoms with van der Waals surface area (Å²) in [5.74, 6) is -1.12. The van der Waals surface area contributed by atoms with Crippen molar-refractivity contribution in [3.8, 4) is 0 Å². The smallest absolute Gasteiger partial charge is 0.330 e. The van der Waals surface area contributed by atoms with E-state index < -0.39 is 24.1 Å². The van der Waals surface area contributed by atoms with Crippen LogP contribution in [-0.4, -0.2) is 57.6 Å². The van der Waals surface area contributed by atoms with E-state index >= 15 is 0 Å². The molecule has 4 aromatic carbocycles. The Hall–Kier alpha value is -4.76. The van der Waals surface area contributed by atoms with Gasteiger partial charge in [0.2, 0.25) is 0 Å². The van der Waals surface area contributed by atoms with Crippen molar-refractivity contribution in [3.63, 3.8) is 0 Å². The second kappa shape index (κ2) is 10.6. The van der Waals surface area contributed by atoms with Gasteiger partial charge in [0, 0.05) is 16.3 Å². The number of carbonyl (C=O) groups excluding carboxylic acids is 2. The normalized spacial score (nSPS) is 20.5. The number of urea groups is 2. The highest BCUT2D eigenvalue weighted by Gasteiger charge is 2.54. The molecule has 7 rings (SSSR count). The molecule has 9 heteroatoms. The molecule has 0 radical (unpaired) electrons. The third-order valence-electron chi connectivity index (χ3n) is 8.22. The zero-order valence-electron chi connectivity index (χ0n) is 22.6. The monoisotopic (exact) mass is 576 g/mol. The summed E-state index contributed by atoms with van der Waals surface area (Å²) >= 11 is 1.59. The molecular formula is C33H28N4O4S. The number of carbonyl (C=O) groups is 3. The molecule has 42 heavy (non-hydrogen) atoms. The first-order valence-electron chi connectivity index (χ1n) is 13.9. The van der Waals surface area contributed by atoms with Crippen LogP contribution in [0.4, 0.5) is 32.3 Å². The van der Waals surface area contributed by atoms with Crippen molar-refractivity contribution in [2.75, 3.05) is 16.3 Å². The Labute approximate surface area is 247 Å². The molecule has 3 heterocycles. The minimum atomic E-state index is -1.19. The van der Waals surface area contributed by atoms with Crippen LogP contribution in [0.25, 0.3) is 0 Å². The van der Waals surface area contributed by atoms with E-state index in [1.807, 2.05) is 109 Å². The molecule has 0 spiro atoms. The van der Waals surface area contributed by atoms with E-state index in [4.69, 9.17) is 0 Å². The zero-order valence-corrected chi connectivity index (χ0v) is 23.4. The lowest BCUT2D eigenvalue weighted by Crippen LogP contribution is -2.67. The van der Waals surface area contributed by atoms with Gasteiger partial charge >= 0.3 is 18.0 Å². The number of carboxylic acid groups (broad SMARTS) is 1. The summed E-state index contributed by atoms with van der Waals surface area (Å²) in [6.07, 6.45) is 1.11. The first kappa shape index (κ1) is 26.2. The van der Waals surface area contributed by atoms with Gasteiger partial charge in [0.05, 0.1) is 34.8 Å². The molecule has 0 saturated carbocycles. The summed E-state index contributed by atoms with van der Waals surface area (Å²) in [7, 11) is 0. The molecule has 0 aromatic heterocycles. The third-order valence-corrected chi connectivity index (χ3v) is 9.35. The number of carboxylic acids is 1. The lowest BCUT2D eigenvalue weighted by atomic mass is 10.0. The maximum Gasteiger partial charge on any atom is 0.330 e. The van der Waals surface area contributed by atoms with E-state index in [0.29, 0.717) is 24.2 Å². The van der Waals surface area contributed by atoms with Gasteiger partial charge in [-0.3, -0.25) is 9.80 Å². The van der Waals surface area contributed by atoms with Crippen LogP contribution in [0.3, 0.4) is 0 Å². The molecule has 0 unspecified atom stereocenters. The summed E-state index contributed by atoms with van der Waals surface area (Å²) in [5, 5.41) is 10.6. The van der Waals surface area contributed by atoms with Crippen LogP contribution >= 0.6 is 11.8 Å². The van der Waals surface area contributed by atoms with E-state index in [1.54, 1.807) is 26.5 Å². The average molecular weight is 577 g/mol. The minimum Gasteiger partial charge on any atom is -0.480 e. The lowest BCUT2D eigenvalue weighted by molar-refractivity contribution is -0.145. The molecule has 2 saturated heterocycles. The maximum atomic E-state index is 14.4. The molecule has 210 valence electrons. The topological polar surface area (TPSA) is 84.4 Å². The van der Waals surface area contributed by atoms with Gasteiger partial charge in [-0.25, -0.2) is 14.4 Å². The number of rotatable bonds is 3. The number of hydrogen-bond acceptors (Lipinski definition) is 4. The van der Waals surface area contributed by atoms with E-state index in [2.05, 4.69) is 0 Å². The third kappa shape index (κ3) is 4.28. The molecule has 2 bridgehead atoms. The number of anilines is 4. The van der Waals surface area contributed by atoms with Gasteiger partial charge in [-0.05, 0) is 61.4 Å². The van der Waals surface area contributed by atoms with E-state index in [9.17, 15) is 19.5 Å². The van der Waals surface area contributed by atoms with Crippen molar-refractivity contribution in [3.05, 3.63) is 109 Å².